The molecule has 2 N–H and O–H groups in total. The quantitative estimate of drug-likeness (QED) is 0.846. The topological polar surface area (TPSA) is 44.5 Å². The van der Waals surface area contributed by atoms with Crippen LogP contribution in [0.5, 0.6) is 0 Å². The minimum absolute atomic E-state index is 0.0172. The molecular weight excluding hydrogens is 270 g/mol. The maximum atomic E-state index is 5.99. The van der Waals surface area contributed by atoms with Gasteiger partial charge < -0.3 is 15.2 Å². The van der Waals surface area contributed by atoms with E-state index in [0.717, 1.165) is 22.8 Å². The highest BCUT2D eigenvalue weighted by atomic mass is 35.5. The Morgan fingerprint density at radius 3 is 2.50 bits per heavy atom. The maximum absolute atomic E-state index is 5.99. The number of nitrogens with two attached hydrogens (primary N) is 1. The fraction of sp³-hybridized carbons (Fsp3) is 0.538. The average molecular weight is 288 g/mol. The molecule has 0 radical (unpaired) electrons. The zero-order valence-electron chi connectivity index (χ0n) is 10.6. The molecule has 0 amide bonds. The van der Waals surface area contributed by atoms with E-state index in [1.54, 1.807) is 26.0 Å². The van der Waals surface area contributed by atoms with Crippen LogP contribution < -0.4 is 5.73 Å². The number of rotatable bonds is 5. The van der Waals surface area contributed by atoms with Gasteiger partial charge in [0.15, 0.2) is 5.79 Å². The molecule has 1 fully saturated rings. The van der Waals surface area contributed by atoms with Gasteiger partial charge in [0.25, 0.3) is 0 Å². The molecule has 0 aromatic heterocycles. The molecular formula is C13H18ClNO2S. The molecule has 0 aliphatic heterocycles. The van der Waals surface area contributed by atoms with Crippen molar-refractivity contribution in [1.29, 1.82) is 0 Å². The van der Waals surface area contributed by atoms with E-state index in [9.17, 15) is 0 Å². The smallest absolute Gasteiger partial charge is 0.170 e. The standard InChI is InChI=1S/C13H18ClNO2S/c1-16-13(17-2)7-12(8-13,9-15)18-11-5-3-4-10(14)6-11/h3-6H,7-9,15H2,1-2H3. The Morgan fingerprint density at radius 1 is 1.33 bits per heavy atom. The van der Waals surface area contributed by atoms with E-state index in [4.69, 9.17) is 26.8 Å². The summed E-state index contributed by atoms with van der Waals surface area (Å²) in [6, 6.07) is 7.83. The zero-order chi connectivity index (χ0) is 13.2. The van der Waals surface area contributed by atoms with Gasteiger partial charge in [0, 0.05) is 48.3 Å². The molecule has 0 atom stereocenters. The number of thioether (sulfide) groups is 1. The van der Waals surface area contributed by atoms with Gasteiger partial charge in [0.05, 0.1) is 0 Å². The molecule has 0 saturated heterocycles. The van der Waals surface area contributed by atoms with Gasteiger partial charge in [0.2, 0.25) is 0 Å². The summed E-state index contributed by atoms with van der Waals surface area (Å²) in [6.07, 6.45) is 1.58. The predicted molar refractivity (Wildman–Crippen MR) is 75.1 cm³/mol. The Balaban J connectivity index is 2.08. The number of hydrogen-bond donors (Lipinski definition) is 1. The molecule has 100 valence electrons. The Bertz CT molecular complexity index is 415. The SMILES string of the molecule is COC1(OC)CC(CN)(Sc2cccc(Cl)c2)C1. The normalized spacial score (nSPS) is 20.4. The first-order valence-corrected chi connectivity index (χ1v) is 7.01. The third kappa shape index (κ3) is 2.68. The van der Waals surface area contributed by atoms with Crippen LogP contribution in [-0.4, -0.2) is 31.3 Å². The fourth-order valence-electron chi connectivity index (χ4n) is 2.34. The van der Waals surface area contributed by atoms with Crippen LogP contribution in [0, 0.1) is 0 Å². The molecule has 1 aromatic carbocycles. The third-order valence-electron chi connectivity index (χ3n) is 3.43. The van der Waals surface area contributed by atoms with Crippen molar-refractivity contribution in [3.8, 4) is 0 Å². The van der Waals surface area contributed by atoms with Crippen molar-refractivity contribution >= 4 is 23.4 Å². The monoisotopic (exact) mass is 287 g/mol. The van der Waals surface area contributed by atoms with E-state index in [-0.39, 0.29) is 4.75 Å². The van der Waals surface area contributed by atoms with Crippen LogP contribution in [0.4, 0.5) is 0 Å². The summed E-state index contributed by atoms with van der Waals surface area (Å²) >= 11 is 7.75. The van der Waals surface area contributed by atoms with Crippen LogP contribution in [0.3, 0.4) is 0 Å². The molecule has 0 bridgehead atoms. The summed E-state index contributed by atoms with van der Waals surface area (Å²) in [4.78, 5) is 1.13. The molecule has 5 heteroatoms. The number of benzene rings is 1. The van der Waals surface area contributed by atoms with Crippen molar-refractivity contribution in [1.82, 2.24) is 0 Å². The molecule has 0 unspecified atom stereocenters. The number of ether oxygens (including phenoxy) is 2. The molecule has 1 aliphatic rings. The zero-order valence-corrected chi connectivity index (χ0v) is 12.2. The Morgan fingerprint density at radius 2 is 2.00 bits per heavy atom. The van der Waals surface area contributed by atoms with Crippen LogP contribution in [0.2, 0.25) is 5.02 Å². The average Bonchev–Trinajstić information content (AvgIpc) is 2.33. The number of hydrogen-bond acceptors (Lipinski definition) is 4. The van der Waals surface area contributed by atoms with Gasteiger partial charge in [-0.15, -0.1) is 11.8 Å². The van der Waals surface area contributed by atoms with Crippen molar-refractivity contribution in [2.45, 2.75) is 28.3 Å². The predicted octanol–water partition coefficient (Wildman–Crippen LogP) is 2.91. The third-order valence-corrected chi connectivity index (χ3v) is 5.04. The van der Waals surface area contributed by atoms with E-state index in [1.165, 1.54) is 0 Å². The van der Waals surface area contributed by atoms with Crippen molar-refractivity contribution in [3.63, 3.8) is 0 Å². The second-order valence-electron chi connectivity index (χ2n) is 4.62. The van der Waals surface area contributed by atoms with Crippen LogP contribution in [-0.2, 0) is 9.47 Å². The van der Waals surface area contributed by atoms with Crippen molar-refractivity contribution in [3.05, 3.63) is 29.3 Å². The van der Waals surface area contributed by atoms with Gasteiger partial charge >= 0.3 is 0 Å². The van der Waals surface area contributed by atoms with Gasteiger partial charge in [-0.1, -0.05) is 17.7 Å². The Labute approximate surface area is 117 Å². The van der Waals surface area contributed by atoms with E-state index in [0.29, 0.717) is 6.54 Å². The summed E-state index contributed by atoms with van der Waals surface area (Å²) in [7, 11) is 3.35. The van der Waals surface area contributed by atoms with Crippen molar-refractivity contribution < 1.29 is 9.47 Å². The second-order valence-corrected chi connectivity index (χ2v) is 6.60. The highest BCUT2D eigenvalue weighted by Crippen LogP contribution is 2.54. The van der Waals surface area contributed by atoms with Gasteiger partial charge in [-0.25, -0.2) is 0 Å². The van der Waals surface area contributed by atoms with Gasteiger partial charge in [-0.2, -0.15) is 0 Å². The molecule has 2 rings (SSSR count). The molecule has 1 aliphatic carbocycles. The van der Waals surface area contributed by atoms with Crippen LogP contribution in [0.1, 0.15) is 12.8 Å². The first-order chi connectivity index (χ1) is 8.57. The van der Waals surface area contributed by atoms with E-state index >= 15 is 0 Å². The summed E-state index contributed by atoms with van der Waals surface area (Å²) in [5.74, 6) is -0.467. The highest BCUT2D eigenvalue weighted by molar-refractivity contribution is 8.00. The highest BCUT2D eigenvalue weighted by Gasteiger charge is 2.55. The van der Waals surface area contributed by atoms with Gasteiger partial charge in [-0.3, -0.25) is 0 Å². The summed E-state index contributed by atoms with van der Waals surface area (Å²) < 4.78 is 10.8. The molecule has 1 aromatic rings. The number of methoxy groups -OCH3 is 2. The number of halogens is 1. The van der Waals surface area contributed by atoms with E-state index < -0.39 is 5.79 Å². The van der Waals surface area contributed by atoms with Gasteiger partial charge in [0.1, 0.15) is 0 Å². The Hall–Kier alpha value is -0.260. The second kappa shape index (κ2) is 5.39. The lowest BCUT2D eigenvalue weighted by Gasteiger charge is -2.53. The largest absolute Gasteiger partial charge is 0.353 e. The lowest BCUT2D eigenvalue weighted by Crippen LogP contribution is -2.60. The van der Waals surface area contributed by atoms with E-state index in [1.807, 2.05) is 24.3 Å². The molecule has 1 saturated carbocycles. The van der Waals surface area contributed by atoms with Crippen LogP contribution in [0.15, 0.2) is 29.2 Å². The molecule has 3 nitrogen and oxygen atoms in total. The Kier molecular flexibility index (Phi) is 4.24. The van der Waals surface area contributed by atoms with Crippen molar-refractivity contribution in [2.24, 2.45) is 5.73 Å². The minimum atomic E-state index is -0.467. The summed E-state index contributed by atoms with van der Waals surface area (Å²) in [5, 5.41) is 0.747. The minimum Gasteiger partial charge on any atom is -0.353 e. The first kappa shape index (κ1) is 14.2. The van der Waals surface area contributed by atoms with Crippen molar-refractivity contribution in [2.75, 3.05) is 20.8 Å². The maximum Gasteiger partial charge on any atom is 0.170 e. The molecule has 0 heterocycles. The molecule has 0 spiro atoms. The molecule has 18 heavy (non-hydrogen) atoms. The lowest BCUT2D eigenvalue weighted by molar-refractivity contribution is -0.260. The fourth-order valence-corrected chi connectivity index (χ4v) is 4.10. The lowest BCUT2D eigenvalue weighted by atomic mass is 9.77. The van der Waals surface area contributed by atoms with E-state index in [2.05, 4.69) is 0 Å². The summed E-state index contributed by atoms with van der Waals surface area (Å²) in [6.45, 7) is 0.596. The van der Waals surface area contributed by atoms with Crippen LogP contribution >= 0.6 is 23.4 Å². The van der Waals surface area contributed by atoms with Gasteiger partial charge in [-0.05, 0) is 18.2 Å². The van der Waals surface area contributed by atoms with Crippen LogP contribution in [0.25, 0.3) is 0 Å². The summed E-state index contributed by atoms with van der Waals surface area (Å²) in [5.41, 5.74) is 5.92. The first-order valence-electron chi connectivity index (χ1n) is 5.82.